The first-order chi connectivity index (χ1) is 9.42. The van der Waals surface area contributed by atoms with Crippen molar-refractivity contribution in [2.24, 2.45) is 5.92 Å². The van der Waals surface area contributed by atoms with Crippen molar-refractivity contribution in [1.29, 1.82) is 0 Å². The fourth-order valence-electron chi connectivity index (χ4n) is 1.74. The summed E-state index contributed by atoms with van der Waals surface area (Å²) >= 11 is 2.18. The van der Waals surface area contributed by atoms with Crippen molar-refractivity contribution < 1.29 is 14.7 Å². The van der Waals surface area contributed by atoms with Crippen molar-refractivity contribution in [2.75, 3.05) is 25.0 Å². The predicted molar refractivity (Wildman–Crippen MR) is 86.7 cm³/mol. The van der Waals surface area contributed by atoms with Gasteiger partial charge in [0.1, 0.15) is 0 Å². The molecule has 1 aromatic rings. The molecule has 20 heavy (non-hydrogen) atoms. The second kappa shape index (κ2) is 8.21. The van der Waals surface area contributed by atoms with Gasteiger partial charge in [0.15, 0.2) is 0 Å². The summed E-state index contributed by atoms with van der Waals surface area (Å²) in [6.45, 7) is 4.75. The molecule has 0 spiro atoms. The number of hydrogen-bond acceptors (Lipinski definition) is 3. The minimum absolute atomic E-state index is 0.133. The van der Waals surface area contributed by atoms with Crippen LogP contribution in [0, 0.1) is 9.49 Å². The SMILES string of the molecule is CCN(CC(=O)Nc1cccc(I)c1)CC(C)C(=O)O. The van der Waals surface area contributed by atoms with E-state index >= 15 is 0 Å². The summed E-state index contributed by atoms with van der Waals surface area (Å²) in [6.07, 6.45) is 0. The first kappa shape index (κ1) is 16.9. The van der Waals surface area contributed by atoms with Gasteiger partial charge in [-0.1, -0.05) is 19.9 Å². The van der Waals surface area contributed by atoms with Gasteiger partial charge in [0.2, 0.25) is 5.91 Å². The van der Waals surface area contributed by atoms with E-state index in [2.05, 4.69) is 27.9 Å². The minimum Gasteiger partial charge on any atom is -0.481 e. The molecule has 0 aliphatic heterocycles. The number of carboxylic acid groups (broad SMARTS) is 1. The monoisotopic (exact) mass is 390 g/mol. The van der Waals surface area contributed by atoms with Crippen LogP contribution in [0.4, 0.5) is 5.69 Å². The van der Waals surface area contributed by atoms with E-state index in [9.17, 15) is 9.59 Å². The molecule has 0 heterocycles. The molecule has 0 fully saturated rings. The average molecular weight is 390 g/mol. The summed E-state index contributed by atoms with van der Waals surface area (Å²) in [5, 5.41) is 11.7. The van der Waals surface area contributed by atoms with Gasteiger partial charge in [-0.05, 0) is 47.3 Å². The van der Waals surface area contributed by atoms with Crippen LogP contribution in [0.2, 0.25) is 0 Å². The number of hydrogen-bond donors (Lipinski definition) is 2. The molecule has 110 valence electrons. The van der Waals surface area contributed by atoms with Crippen molar-refractivity contribution in [3.05, 3.63) is 27.8 Å². The topological polar surface area (TPSA) is 69.6 Å². The van der Waals surface area contributed by atoms with Gasteiger partial charge in [0.05, 0.1) is 12.5 Å². The zero-order valence-electron chi connectivity index (χ0n) is 11.6. The lowest BCUT2D eigenvalue weighted by atomic mass is 10.1. The van der Waals surface area contributed by atoms with Crippen LogP contribution in [0.3, 0.4) is 0 Å². The third-order valence-corrected chi connectivity index (χ3v) is 3.55. The highest BCUT2D eigenvalue weighted by Gasteiger charge is 2.17. The Morgan fingerprint density at radius 3 is 2.70 bits per heavy atom. The highest BCUT2D eigenvalue weighted by atomic mass is 127. The van der Waals surface area contributed by atoms with Crippen molar-refractivity contribution in [3.63, 3.8) is 0 Å². The van der Waals surface area contributed by atoms with E-state index in [1.54, 1.807) is 6.92 Å². The van der Waals surface area contributed by atoms with Crippen LogP contribution in [0.15, 0.2) is 24.3 Å². The van der Waals surface area contributed by atoms with Crippen LogP contribution in [-0.4, -0.2) is 41.5 Å². The van der Waals surface area contributed by atoms with Gasteiger partial charge in [-0.3, -0.25) is 14.5 Å². The van der Waals surface area contributed by atoms with Gasteiger partial charge in [-0.2, -0.15) is 0 Å². The maximum absolute atomic E-state index is 11.9. The highest BCUT2D eigenvalue weighted by Crippen LogP contribution is 2.12. The van der Waals surface area contributed by atoms with Gasteiger partial charge in [-0.25, -0.2) is 0 Å². The molecule has 0 saturated carbocycles. The molecule has 6 heteroatoms. The van der Waals surface area contributed by atoms with Gasteiger partial charge in [0, 0.05) is 15.8 Å². The van der Waals surface area contributed by atoms with Crippen LogP contribution in [0.1, 0.15) is 13.8 Å². The summed E-state index contributed by atoms with van der Waals surface area (Å²) in [5.74, 6) is -1.46. The molecular formula is C14H19IN2O3. The third-order valence-electron chi connectivity index (χ3n) is 2.88. The zero-order valence-corrected chi connectivity index (χ0v) is 13.8. The number of nitrogens with zero attached hydrogens (tertiary/aromatic N) is 1. The van der Waals surface area contributed by atoms with Crippen molar-refractivity contribution >= 4 is 40.2 Å². The first-order valence-electron chi connectivity index (χ1n) is 6.43. The van der Waals surface area contributed by atoms with Crippen molar-refractivity contribution in [3.8, 4) is 0 Å². The van der Waals surface area contributed by atoms with Crippen LogP contribution in [0.25, 0.3) is 0 Å². The maximum Gasteiger partial charge on any atom is 0.307 e. The average Bonchev–Trinajstić information content (AvgIpc) is 2.37. The number of carbonyl (C=O) groups is 2. The lowest BCUT2D eigenvalue weighted by molar-refractivity contribution is -0.142. The quantitative estimate of drug-likeness (QED) is 0.701. The van der Waals surface area contributed by atoms with Gasteiger partial charge in [-0.15, -0.1) is 0 Å². The summed E-state index contributed by atoms with van der Waals surface area (Å²) in [5.41, 5.74) is 0.754. The standard InChI is InChI=1S/C14H19IN2O3/c1-3-17(8-10(2)14(19)20)9-13(18)16-12-6-4-5-11(15)7-12/h4-7,10H,3,8-9H2,1-2H3,(H,16,18)(H,19,20). The number of rotatable bonds is 7. The molecule has 0 aliphatic carbocycles. The van der Waals surface area contributed by atoms with Crippen LogP contribution < -0.4 is 5.32 Å². The largest absolute Gasteiger partial charge is 0.481 e. The molecule has 0 bridgehead atoms. The Hall–Kier alpha value is -1.15. The number of amides is 1. The molecule has 0 radical (unpaired) electrons. The Morgan fingerprint density at radius 2 is 2.15 bits per heavy atom. The second-order valence-corrected chi connectivity index (χ2v) is 5.87. The molecule has 1 amide bonds. The Morgan fingerprint density at radius 1 is 1.45 bits per heavy atom. The molecule has 0 saturated heterocycles. The molecule has 2 N–H and O–H groups in total. The van der Waals surface area contributed by atoms with E-state index < -0.39 is 11.9 Å². The molecule has 0 aromatic heterocycles. The number of benzene rings is 1. The lowest BCUT2D eigenvalue weighted by Crippen LogP contribution is -2.37. The molecule has 5 nitrogen and oxygen atoms in total. The molecule has 1 unspecified atom stereocenters. The fourth-order valence-corrected chi connectivity index (χ4v) is 2.28. The van der Waals surface area contributed by atoms with Gasteiger partial charge >= 0.3 is 5.97 Å². The number of carboxylic acids is 1. The number of nitrogens with one attached hydrogen (secondary N) is 1. The predicted octanol–water partition coefficient (Wildman–Crippen LogP) is 2.27. The highest BCUT2D eigenvalue weighted by molar-refractivity contribution is 14.1. The maximum atomic E-state index is 11.9. The van der Waals surface area contributed by atoms with Gasteiger partial charge in [0.25, 0.3) is 0 Å². The molecule has 1 atom stereocenters. The lowest BCUT2D eigenvalue weighted by Gasteiger charge is -2.21. The second-order valence-electron chi connectivity index (χ2n) is 4.63. The summed E-state index contributed by atoms with van der Waals surface area (Å²) < 4.78 is 1.05. The summed E-state index contributed by atoms with van der Waals surface area (Å²) in [4.78, 5) is 24.6. The third kappa shape index (κ3) is 5.87. The Labute approximate surface area is 132 Å². The number of aliphatic carboxylic acids is 1. The molecular weight excluding hydrogens is 371 g/mol. The number of carbonyl (C=O) groups excluding carboxylic acids is 1. The normalized spacial score (nSPS) is 12.2. The van der Waals surface area contributed by atoms with Crippen LogP contribution >= 0.6 is 22.6 Å². The van der Waals surface area contributed by atoms with Crippen LogP contribution in [0.5, 0.6) is 0 Å². The van der Waals surface area contributed by atoms with E-state index in [-0.39, 0.29) is 12.5 Å². The zero-order chi connectivity index (χ0) is 15.1. The molecule has 1 aromatic carbocycles. The molecule has 1 rings (SSSR count). The Balaban J connectivity index is 2.53. The fraction of sp³-hybridized carbons (Fsp3) is 0.429. The Kier molecular flexibility index (Phi) is 6.94. The van der Waals surface area contributed by atoms with E-state index in [0.29, 0.717) is 13.1 Å². The minimum atomic E-state index is -0.846. The van der Waals surface area contributed by atoms with E-state index in [4.69, 9.17) is 5.11 Å². The number of halogens is 1. The summed E-state index contributed by atoms with van der Waals surface area (Å²) in [7, 11) is 0. The molecule has 0 aliphatic rings. The van der Waals surface area contributed by atoms with E-state index in [1.165, 1.54) is 0 Å². The number of anilines is 1. The first-order valence-corrected chi connectivity index (χ1v) is 7.50. The van der Waals surface area contributed by atoms with Crippen LogP contribution in [-0.2, 0) is 9.59 Å². The van der Waals surface area contributed by atoms with Gasteiger partial charge < -0.3 is 10.4 Å². The van der Waals surface area contributed by atoms with Crippen molar-refractivity contribution in [1.82, 2.24) is 4.90 Å². The smallest absolute Gasteiger partial charge is 0.307 e. The summed E-state index contributed by atoms with van der Waals surface area (Å²) in [6, 6.07) is 7.54. The van der Waals surface area contributed by atoms with Crippen molar-refractivity contribution in [2.45, 2.75) is 13.8 Å². The van der Waals surface area contributed by atoms with E-state index in [0.717, 1.165) is 9.26 Å². The number of likely N-dealkylation sites (N-methyl/N-ethyl adjacent to an activating group) is 1. The van der Waals surface area contributed by atoms with E-state index in [1.807, 2.05) is 36.1 Å². The Bertz CT molecular complexity index is 479.